The lowest BCUT2D eigenvalue weighted by Crippen LogP contribution is -2.22. The second-order valence-corrected chi connectivity index (χ2v) is 6.69. The van der Waals surface area contributed by atoms with Crippen molar-refractivity contribution in [2.24, 2.45) is 0 Å². The van der Waals surface area contributed by atoms with Gasteiger partial charge in [-0.15, -0.1) is 11.8 Å². The highest BCUT2D eigenvalue weighted by atomic mass is 35.5. The zero-order valence-electron chi connectivity index (χ0n) is 12.3. The molecule has 2 aromatic carbocycles. The van der Waals surface area contributed by atoms with Crippen LogP contribution in [0.5, 0.6) is 0 Å². The molecule has 1 N–H and O–H groups in total. The number of anilines is 1. The van der Waals surface area contributed by atoms with Gasteiger partial charge in [0.1, 0.15) is 0 Å². The Morgan fingerprint density at radius 3 is 2.18 bits per heavy atom. The van der Waals surface area contributed by atoms with Crippen molar-refractivity contribution >= 4 is 40.7 Å². The SMILES string of the molecule is CC(=O)c1ccc(NC(=O)[C@H](C)Sc2ccc(Cl)cc2)cc1. The molecule has 0 saturated carbocycles. The number of Topliss-reactive ketones (excluding diaryl/α,β-unsaturated/α-hetero) is 1. The number of amides is 1. The number of halogens is 1. The van der Waals surface area contributed by atoms with E-state index in [-0.39, 0.29) is 16.9 Å². The zero-order valence-corrected chi connectivity index (χ0v) is 13.9. The van der Waals surface area contributed by atoms with Crippen molar-refractivity contribution in [2.75, 3.05) is 5.32 Å². The average molecular weight is 334 g/mol. The maximum absolute atomic E-state index is 12.2. The van der Waals surface area contributed by atoms with E-state index in [1.807, 2.05) is 19.1 Å². The van der Waals surface area contributed by atoms with Crippen LogP contribution in [0.2, 0.25) is 5.02 Å². The summed E-state index contributed by atoms with van der Waals surface area (Å²) >= 11 is 7.30. The van der Waals surface area contributed by atoms with Crippen LogP contribution in [-0.2, 0) is 4.79 Å². The van der Waals surface area contributed by atoms with E-state index in [0.29, 0.717) is 16.3 Å². The molecular formula is C17H16ClNO2S. The van der Waals surface area contributed by atoms with Crippen molar-refractivity contribution in [3.05, 3.63) is 59.1 Å². The minimum atomic E-state index is -0.242. The first kappa shape index (κ1) is 16.6. The van der Waals surface area contributed by atoms with E-state index in [0.717, 1.165) is 4.90 Å². The third kappa shape index (κ3) is 4.61. The van der Waals surface area contributed by atoms with Crippen molar-refractivity contribution in [1.82, 2.24) is 0 Å². The van der Waals surface area contributed by atoms with Crippen molar-refractivity contribution in [2.45, 2.75) is 24.0 Å². The standard InChI is InChI=1S/C17H16ClNO2S/c1-11(20)13-3-7-15(8-4-13)19-17(21)12(2)22-16-9-5-14(18)6-10-16/h3-10,12H,1-2H3,(H,19,21)/t12-/m0/s1. The summed E-state index contributed by atoms with van der Waals surface area (Å²) in [5.74, 6) is -0.0833. The molecule has 2 aromatic rings. The quantitative estimate of drug-likeness (QED) is 0.639. The van der Waals surface area contributed by atoms with Gasteiger partial charge in [0.05, 0.1) is 5.25 Å². The summed E-state index contributed by atoms with van der Waals surface area (Å²) < 4.78 is 0. The van der Waals surface area contributed by atoms with Crippen LogP contribution in [0.4, 0.5) is 5.69 Å². The molecule has 0 aromatic heterocycles. The van der Waals surface area contributed by atoms with Gasteiger partial charge in [-0.05, 0) is 62.4 Å². The molecule has 0 aliphatic heterocycles. The number of hydrogen-bond acceptors (Lipinski definition) is 3. The van der Waals surface area contributed by atoms with Crippen LogP contribution < -0.4 is 5.32 Å². The summed E-state index contributed by atoms with van der Waals surface area (Å²) in [6.07, 6.45) is 0. The number of rotatable bonds is 5. The number of nitrogens with one attached hydrogen (secondary N) is 1. The van der Waals surface area contributed by atoms with Crippen molar-refractivity contribution in [3.63, 3.8) is 0 Å². The van der Waals surface area contributed by atoms with Gasteiger partial charge < -0.3 is 5.32 Å². The molecule has 1 amide bonds. The molecule has 0 fully saturated rings. The van der Waals surface area contributed by atoms with Crippen LogP contribution in [0.15, 0.2) is 53.4 Å². The van der Waals surface area contributed by atoms with Gasteiger partial charge in [-0.1, -0.05) is 11.6 Å². The summed E-state index contributed by atoms with van der Waals surface area (Å²) in [7, 11) is 0. The predicted octanol–water partition coefficient (Wildman–Crippen LogP) is 4.66. The molecule has 0 saturated heterocycles. The summed E-state index contributed by atoms with van der Waals surface area (Å²) in [6.45, 7) is 3.36. The van der Waals surface area contributed by atoms with E-state index in [1.54, 1.807) is 36.4 Å². The maximum atomic E-state index is 12.2. The Labute approximate surface area is 139 Å². The Morgan fingerprint density at radius 2 is 1.64 bits per heavy atom. The van der Waals surface area contributed by atoms with Crippen LogP contribution in [-0.4, -0.2) is 16.9 Å². The Kier molecular flexibility index (Phi) is 5.63. The van der Waals surface area contributed by atoms with E-state index in [1.165, 1.54) is 18.7 Å². The number of benzene rings is 2. The summed E-state index contributed by atoms with van der Waals surface area (Å²) in [5, 5.41) is 3.27. The molecule has 3 nitrogen and oxygen atoms in total. The smallest absolute Gasteiger partial charge is 0.237 e. The maximum Gasteiger partial charge on any atom is 0.237 e. The van der Waals surface area contributed by atoms with E-state index >= 15 is 0 Å². The fraction of sp³-hybridized carbons (Fsp3) is 0.176. The number of hydrogen-bond donors (Lipinski definition) is 1. The van der Waals surface area contributed by atoms with Crippen LogP contribution in [0.1, 0.15) is 24.2 Å². The lowest BCUT2D eigenvalue weighted by molar-refractivity contribution is -0.115. The van der Waals surface area contributed by atoms with E-state index < -0.39 is 0 Å². The third-order valence-corrected chi connectivity index (χ3v) is 4.42. The van der Waals surface area contributed by atoms with Gasteiger partial charge in [-0.25, -0.2) is 0 Å². The molecule has 0 bridgehead atoms. The van der Waals surface area contributed by atoms with E-state index in [9.17, 15) is 9.59 Å². The van der Waals surface area contributed by atoms with Gasteiger partial charge in [0, 0.05) is 21.2 Å². The first-order chi connectivity index (χ1) is 10.5. The normalized spacial score (nSPS) is 11.8. The van der Waals surface area contributed by atoms with Gasteiger partial charge in [0.2, 0.25) is 5.91 Å². The molecule has 0 heterocycles. The number of carbonyl (C=O) groups excluding carboxylic acids is 2. The summed E-state index contributed by atoms with van der Waals surface area (Å²) in [5.41, 5.74) is 1.31. The molecule has 0 aliphatic rings. The minimum Gasteiger partial charge on any atom is -0.325 e. The lowest BCUT2D eigenvalue weighted by atomic mass is 10.1. The van der Waals surface area contributed by atoms with Crippen LogP contribution in [0.3, 0.4) is 0 Å². The topological polar surface area (TPSA) is 46.2 Å². The molecular weight excluding hydrogens is 318 g/mol. The van der Waals surface area contributed by atoms with Gasteiger partial charge in [0.15, 0.2) is 5.78 Å². The molecule has 2 rings (SSSR count). The lowest BCUT2D eigenvalue weighted by Gasteiger charge is -2.12. The Morgan fingerprint density at radius 1 is 1.05 bits per heavy atom. The second-order valence-electron chi connectivity index (χ2n) is 4.84. The highest BCUT2D eigenvalue weighted by molar-refractivity contribution is 8.00. The fourth-order valence-electron chi connectivity index (χ4n) is 1.80. The Hall–Kier alpha value is -1.78. The molecule has 114 valence electrons. The first-order valence-electron chi connectivity index (χ1n) is 6.80. The number of ketones is 1. The van der Waals surface area contributed by atoms with Gasteiger partial charge in [-0.3, -0.25) is 9.59 Å². The van der Waals surface area contributed by atoms with Gasteiger partial charge >= 0.3 is 0 Å². The van der Waals surface area contributed by atoms with Gasteiger partial charge in [0.25, 0.3) is 0 Å². The van der Waals surface area contributed by atoms with Crippen molar-refractivity contribution < 1.29 is 9.59 Å². The Bertz CT molecular complexity index is 668. The molecule has 22 heavy (non-hydrogen) atoms. The molecule has 0 radical (unpaired) electrons. The monoisotopic (exact) mass is 333 g/mol. The highest BCUT2D eigenvalue weighted by Gasteiger charge is 2.14. The minimum absolute atomic E-state index is 0.00420. The molecule has 0 aliphatic carbocycles. The molecule has 0 unspecified atom stereocenters. The van der Waals surface area contributed by atoms with Crippen molar-refractivity contribution in [3.8, 4) is 0 Å². The number of carbonyl (C=O) groups is 2. The predicted molar refractivity (Wildman–Crippen MR) is 91.8 cm³/mol. The molecule has 5 heteroatoms. The van der Waals surface area contributed by atoms with E-state index in [4.69, 9.17) is 11.6 Å². The van der Waals surface area contributed by atoms with Crippen molar-refractivity contribution in [1.29, 1.82) is 0 Å². The molecule has 0 spiro atoms. The first-order valence-corrected chi connectivity index (χ1v) is 8.05. The van der Waals surface area contributed by atoms with Crippen LogP contribution >= 0.6 is 23.4 Å². The van der Waals surface area contributed by atoms with Gasteiger partial charge in [-0.2, -0.15) is 0 Å². The molecule has 1 atom stereocenters. The van der Waals surface area contributed by atoms with Crippen LogP contribution in [0, 0.1) is 0 Å². The number of thioether (sulfide) groups is 1. The second kappa shape index (κ2) is 7.47. The Balaban J connectivity index is 1.95. The summed E-state index contributed by atoms with van der Waals surface area (Å²) in [6, 6.07) is 14.2. The summed E-state index contributed by atoms with van der Waals surface area (Å²) in [4.78, 5) is 24.4. The zero-order chi connectivity index (χ0) is 16.1. The fourth-order valence-corrected chi connectivity index (χ4v) is 2.80. The highest BCUT2D eigenvalue weighted by Crippen LogP contribution is 2.25. The largest absolute Gasteiger partial charge is 0.325 e. The third-order valence-electron chi connectivity index (χ3n) is 3.05. The van der Waals surface area contributed by atoms with E-state index in [2.05, 4.69) is 5.32 Å². The van der Waals surface area contributed by atoms with Crippen LogP contribution in [0.25, 0.3) is 0 Å². The average Bonchev–Trinajstić information content (AvgIpc) is 2.50.